The van der Waals surface area contributed by atoms with Crippen LogP contribution in [-0.4, -0.2) is 36.4 Å². The molecule has 1 N–H and O–H groups in total. The first kappa shape index (κ1) is 28.0. The van der Waals surface area contributed by atoms with Crippen LogP contribution in [-0.2, 0) is 35.4 Å². The number of amides is 2. The van der Waals surface area contributed by atoms with E-state index in [1.165, 1.54) is 5.56 Å². The van der Waals surface area contributed by atoms with Crippen LogP contribution in [0.4, 0.5) is 0 Å². The number of hydrogen-bond acceptors (Lipinski definition) is 3. The normalized spacial score (nSPS) is 11.7. The quantitative estimate of drug-likeness (QED) is 0.332. The minimum Gasteiger partial charge on any atom is -0.497 e. The van der Waals surface area contributed by atoms with E-state index in [4.69, 9.17) is 4.74 Å². The second-order valence-electron chi connectivity index (χ2n) is 9.89. The van der Waals surface area contributed by atoms with Gasteiger partial charge in [0.25, 0.3) is 0 Å². The lowest BCUT2D eigenvalue weighted by Crippen LogP contribution is -2.51. The summed E-state index contributed by atoms with van der Waals surface area (Å²) in [5.74, 6) is 0.879. The Balaban J connectivity index is 1.89. The molecule has 0 aromatic heterocycles. The summed E-state index contributed by atoms with van der Waals surface area (Å²) < 4.78 is 5.41. The summed E-state index contributed by atoms with van der Waals surface area (Å²) in [7, 11) is 1.63. The van der Waals surface area contributed by atoms with Gasteiger partial charge < -0.3 is 15.0 Å². The molecule has 0 aliphatic rings. The Morgan fingerprint density at radius 1 is 0.865 bits per heavy atom. The predicted octanol–water partition coefficient (Wildman–Crippen LogP) is 5.60. The van der Waals surface area contributed by atoms with Crippen molar-refractivity contribution in [2.24, 2.45) is 5.92 Å². The molecule has 0 aliphatic heterocycles. The maximum Gasteiger partial charge on any atom is 0.243 e. The Morgan fingerprint density at radius 3 is 2.19 bits per heavy atom. The van der Waals surface area contributed by atoms with Gasteiger partial charge in [0.05, 0.1) is 7.11 Å². The van der Waals surface area contributed by atoms with Crippen LogP contribution < -0.4 is 10.1 Å². The first-order valence-electron chi connectivity index (χ1n) is 13.2. The van der Waals surface area contributed by atoms with Gasteiger partial charge in [0.1, 0.15) is 11.8 Å². The van der Waals surface area contributed by atoms with Gasteiger partial charge in [-0.25, -0.2) is 0 Å². The van der Waals surface area contributed by atoms with E-state index >= 15 is 0 Å². The summed E-state index contributed by atoms with van der Waals surface area (Å²) in [5, 5.41) is 3.08. The molecule has 196 valence electrons. The molecule has 0 saturated heterocycles. The number of carbonyl (C=O) groups excluding carboxylic acids is 2. The molecule has 0 spiro atoms. The lowest BCUT2D eigenvalue weighted by Gasteiger charge is -2.32. The fraction of sp³-hybridized carbons (Fsp3) is 0.375. The van der Waals surface area contributed by atoms with Crippen molar-refractivity contribution < 1.29 is 14.3 Å². The highest BCUT2D eigenvalue weighted by molar-refractivity contribution is 5.88. The number of aryl methyl sites for hydroxylation is 2. The molecule has 0 bridgehead atoms. The summed E-state index contributed by atoms with van der Waals surface area (Å²) in [6.07, 6.45) is 2.40. The van der Waals surface area contributed by atoms with Crippen LogP contribution >= 0.6 is 0 Å². The van der Waals surface area contributed by atoms with Gasteiger partial charge in [-0.2, -0.15) is 0 Å². The van der Waals surface area contributed by atoms with Gasteiger partial charge in [-0.15, -0.1) is 0 Å². The topological polar surface area (TPSA) is 58.6 Å². The Bertz CT molecular complexity index is 1130. The number of benzene rings is 3. The van der Waals surface area contributed by atoms with Gasteiger partial charge >= 0.3 is 0 Å². The number of carbonyl (C=O) groups is 2. The Labute approximate surface area is 221 Å². The molecule has 0 radical (unpaired) electrons. The van der Waals surface area contributed by atoms with E-state index in [1.807, 2.05) is 54.6 Å². The highest BCUT2D eigenvalue weighted by atomic mass is 16.5. The molecular formula is C32H40N2O3. The fourth-order valence-electron chi connectivity index (χ4n) is 4.28. The van der Waals surface area contributed by atoms with Crippen LogP contribution in [0.5, 0.6) is 5.75 Å². The standard InChI is InChI=1S/C32H40N2O3/c1-5-25-14-16-26(17-15-25)18-19-31(35)34(23-28-12-9-13-29(20-28)37-4)30(32(36)33-22-24(2)3)21-27-10-7-6-8-11-27/h6-17,20,24,30H,5,18-19,21-23H2,1-4H3,(H,33,36)/t30-/m1/s1. The highest BCUT2D eigenvalue weighted by Gasteiger charge is 2.30. The second kappa shape index (κ2) is 14.2. The van der Waals surface area contributed by atoms with Gasteiger partial charge in [0.2, 0.25) is 11.8 Å². The van der Waals surface area contributed by atoms with Gasteiger partial charge in [-0.3, -0.25) is 9.59 Å². The maximum absolute atomic E-state index is 13.8. The van der Waals surface area contributed by atoms with Crippen LogP contribution in [0.15, 0.2) is 78.9 Å². The van der Waals surface area contributed by atoms with Crippen LogP contribution in [0.1, 0.15) is 49.4 Å². The molecule has 2 amide bonds. The molecule has 3 aromatic rings. The first-order chi connectivity index (χ1) is 17.9. The summed E-state index contributed by atoms with van der Waals surface area (Å²) in [5.41, 5.74) is 4.34. The molecule has 3 rings (SSSR count). The van der Waals surface area contributed by atoms with Crippen molar-refractivity contribution in [1.29, 1.82) is 0 Å². The van der Waals surface area contributed by atoms with Crippen molar-refractivity contribution in [2.75, 3.05) is 13.7 Å². The van der Waals surface area contributed by atoms with Crippen LogP contribution in [0.2, 0.25) is 0 Å². The third-order valence-electron chi connectivity index (χ3n) is 6.50. The number of rotatable bonds is 13. The monoisotopic (exact) mass is 500 g/mol. The first-order valence-corrected chi connectivity index (χ1v) is 13.2. The molecule has 3 aromatic carbocycles. The van der Waals surface area contributed by atoms with Gasteiger partial charge in [-0.05, 0) is 53.1 Å². The van der Waals surface area contributed by atoms with E-state index in [2.05, 4.69) is 50.4 Å². The lowest BCUT2D eigenvalue weighted by molar-refractivity contribution is -0.141. The number of ether oxygens (including phenoxy) is 1. The predicted molar refractivity (Wildman–Crippen MR) is 149 cm³/mol. The number of methoxy groups -OCH3 is 1. The molecule has 0 aliphatic carbocycles. The van der Waals surface area contributed by atoms with Gasteiger partial charge in [0.15, 0.2) is 0 Å². The Hall–Kier alpha value is -3.60. The molecule has 0 unspecified atom stereocenters. The van der Waals surface area contributed by atoms with Crippen molar-refractivity contribution in [3.8, 4) is 5.75 Å². The smallest absolute Gasteiger partial charge is 0.243 e. The van der Waals surface area contributed by atoms with Crippen LogP contribution in [0, 0.1) is 5.92 Å². The van der Waals surface area contributed by atoms with Gasteiger partial charge in [0, 0.05) is 25.9 Å². The zero-order valence-corrected chi connectivity index (χ0v) is 22.6. The minimum absolute atomic E-state index is 0.0389. The van der Waals surface area contributed by atoms with Gasteiger partial charge in [-0.1, -0.05) is 87.5 Å². The van der Waals surface area contributed by atoms with E-state index in [9.17, 15) is 9.59 Å². The minimum atomic E-state index is -0.623. The summed E-state index contributed by atoms with van der Waals surface area (Å²) >= 11 is 0. The average molecular weight is 501 g/mol. The average Bonchev–Trinajstić information content (AvgIpc) is 2.93. The van der Waals surface area contributed by atoms with Crippen molar-refractivity contribution in [1.82, 2.24) is 10.2 Å². The molecule has 37 heavy (non-hydrogen) atoms. The molecule has 0 fully saturated rings. The fourth-order valence-corrected chi connectivity index (χ4v) is 4.28. The maximum atomic E-state index is 13.8. The summed E-state index contributed by atoms with van der Waals surface area (Å²) in [6, 6.07) is 25.4. The molecular weight excluding hydrogens is 460 g/mol. The van der Waals surface area contributed by atoms with E-state index < -0.39 is 6.04 Å². The van der Waals surface area contributed by atoms with E-state index in [1.54, 1.807) is 12.0 Å². The lowest BCUT2D eigenvalue weighted by atomic mass is 10.0. The number of nitrogens with one attached hydrogen (secondary N) is 1. The van der Waals surface area contributed by atoms with Crippen molar-refractivity contribution >= 4 is 11.8 Å². The second-order valence-corrected chi connectivity index (χ2v) is 9.89. The van der Waals surface area contributed by atoms with E-state index in [0.29, 0.717) is 38.3 Å². The van der Waals surface area contributed by atoms with Crippen molar-refractivity contribution in [2.45, 2.75) is 59.0 Å². The molecule has 1 atom stereocenters. The highest BCUT2D eigenvalue weighted by Crippen LogP contribution is 2.20. The molecule has 0 heterocycles. The van der Waals surface area contributed by atoms with Crippen LogP contribution in [0.3, 0.4) is 0 Å². The van der Waals surface area contributed by atoms with Crippen molar-refractivity contribution in [3.05, 3.63) is 101 Å². The van der Waals surface area contributed by atoms with Crippen LogP contribution in [0.25, 0.3) is 0 Å². The number of nitrogens with zero attached hydrogens (tertiary/aromatic N) is 1. The molecule has 5 nitrogen and oxygen atoms in total. The summed E-state index contributed by atoms with van der Waals surface area (Å²) in [6.45, 7) is 7.16. The third-order valence-corrected chi connectivity index (χ3v) is 6.50. The molecule has 0 saturated carbocycles. The Kier molecular flexibility index (Phi) is 10.8. The molecule has 5 heteroatoms. The number of hydrogen-bond donors (Lipinski definition) is 1. The zero-order valence-electron chi connectivity index (χ0n) is 22.6. The largest absolute Gasteiger partial charge is 0.497 e. The van der Waals surface area contributed by atoms with E-state index in [0.717, 1.165) is 28.9 Å². The SMILES string of the molecule is CCc1ccc(CCC(=O)N(Cc2cccc(OC)c2)[C@H](Cc2ccccc2)C(=O)NCC(C)C)cc1. The summed E-state index contributed by atoms with van der Waals surface area (Å²) in [4.78, 5) is 29.1. The van der Waals surface area contributed by atoms with Crippen molar-refractivity contribution in [3.63, 3.8) is 0 Å². The third kappa shape index (κ3) is 8.78. The zero-order chi connectivity index (χ0) is 26.6. The van der Waals surface area contributed by atoms with E-state index in [-0.39, 0.29) is 11.8 Å². The Morgan fingerprint density at radius 2 is 1.54 bits per heavy atom.